The molecule has 0 aromatic carbocycles. The summed E-state index contributed by atoms with van der Waals surface area (Å²) < 4.78 is 37.4. The Morgan fingerprint density at radius 2 is 2.00 bits per heavy atom. The lowest BCUT2D eigenvalue weighted by atomic mass is 9.83. The van der Waals surface area contributed by atoms with E-state index >= 15 is 0 Å². The summed E-state index contributed by atoms with van der Waals surface area (Å²) in [4.78, 5) is 22.2. The number of rotatable bonds is 7. The Morgan fingerprint density at radius 3 is 2.50 bits per heavy atom. The van der Waals surface area contributed by atoms with Crippen molar-refractivity contribution in [3.63, 3.8) is 0 Å². The molecule has 1 rings (SSSR count). The van der Waals surface area contributed by atoms with Gasteiger partial charge >= 0.3 is 17.8 Å². The van der Waals surface area contributed by atoms with Crippen LogP contribution in [0.3, 0.4) is 0 Å². The number of carboxylic acids is 1. The van der Waals surface area contributed by atoms with Crippen LogP contribution in [0.1, 0.15) is 26.7 Å². The number of nitrogens with two attached hydrogens (primary N) is 1. The van der Waals surface area contributed by atoms with E-state index in [1.165, 1.54) is 6.92 Å². The van der Waals surface area contributed by atoms with Crippen molar-refractivity contribution < 1.29 is 43.2 Å². The standard InChI is InChI=1S/C14H23F2NO7/c1-3-4-8(19)23-5-7(18)10(20)11-6(2)9(17)12(15)14(16,24-11)13(21)22/h6-7,9-12,18,20H,3-5,17H2,1-2H3,(H,21,22)/t6?,7-,9?,10-,11?,12?,14?/m1/s1. The van der Waals surface area contributed by atoms with Crippen molar-refractivity contribution in [2.24, 2.45) is 11.7 Å². The van der Waals surface area contributed by atoms with Crippen molar-refractivity contribution in [2.75, 3.05) is 6.61 Å². The molecule has 1 aliphatic rings. The van der Waals surface area contributed by atoms with Gasteiger partial charge in [0.25, 0.3) is 0 Å². The van der Waals surface area contributed by atoms with E-state index in [1.807, 2.05) is 0 Å². The minimum Gasteiger partial charge on any atom is -0.477 e. The van der Waals surface area contributed by atoms with Gasteiger partial charge in [0.2, 0.25) is 0 Å². The van der Waals surface area contributed by atoms with E-state index in [2.05, 4.69) is 4.74 Å². The number of aliphatic carboxylic acids is 1. The van der Waals surface area contributed by atoms with Crippen LogP contribution in [-0.4, -0.2) is 70.2 Å². The number of esters is 1. The SMILES string of the molecule is CCCC(=O)OC[C@@H](O)[C@@H](O)C1OC(F)(C(=O)O)C(F)C(N)C1C. The van der Waals surface area contributed by atoms with Crippen LogP contribution in [0.5, 0.6) is 0 Å². The van der Waals surface area contributed by atoms with Crippen LogP contribution in [0, 0.1) is 5.92 Å². The molecule has 0 spiro atoms. The molecule has 0 bridgehead atoms. The minimum absolute atomic E-state index is 0.111. The minimum atomic E-state index is -3.74. The summed E-state index contributed by atoms with van der Waals surface area (Å²) in [6, 6.07) is -1.57. The number of aliphatic hydroxyl groups is 2. The van der Waals surface area contributed by atoms with Gasteiger partial charge in [0, 0.05) is 18.4 Å². The quantitative estimate of drug-likeness (QED) is 0.448. The lowest BCUT2D eigenvalue weighted by Crippen LogP contribution is -2.67. The molecule has 5 N–H and O–H groups in total. The van der Waals surface area contributed by atoms with Gasteiger partial charge in [-0.3, -0.25) is 4.79 Å². The lowest BCUT2D eigenvalue weighted by Gasteiger charge is -2.44. The van der Waals surface area contributed by atoms with E-state index < -0.39 is 60.8 Å². The predicted octanol–water partition coefficient (Wildman–Crippen LogP) is -0.498. The van der Waals surface area contributed by atoms with Gasteiger partial charge in [-0.25, -0.2) is 9.18 Å². The molecule has 1 heterocycles. The first kappa shape index (κ1) is 20.7. The Hall–Kier alpha value is -1.36. The molecule has 8 nitrogen and oxygen atoms in total. The highest BCUT2D eigenvalue weighted by Gasteiger charge is 2.60. The maximum absolute atomic E-state index is 14.2. The molecule has 1 saturated heterocycles. The van der Waals surface area contributed by atoms with Crippen LogP contribution in [0.4, 0.5) is 8.78 Å². The van der Waals surface area contributed by atoms with Crippen LogP contribution < -0.4 is 5.73 Å². The highest BCUT2D eigenvalue weighted by atomic mass is 19.2. The van der Waals surface area contributed by atoms with E-state index in [4.69, 9.17) is 15.6 Å². The number of alkyl halides is 2. The number of carboxylic acid groups (broad SMARTS) is 1. The third-order valence-corrected chi connectivity index (χ3v) is 4.02. The highest BCUT2D eigenvalue weighted by Crippen LogP contribution is 2.37. The molecule has 10 heteroatoms. The average Bonchev–Trinajstić information content (AvgIpc) is 2.53. The van der Waals surface area contributed by atoms with Gasteiger partial charge in [0.1, 0.15) is 18.8 Å². The zero-order valence-corrected chi connectivity index (χ0v) is 13.4. The molecule has 24 heavy (non-hydrogen) atoms. The summed E-state index contributed by atoms with van der Waals surface area (Å²) in [5.41, 5.74) is 5.49. The smallest absolute Gasteiger partial charge is 0.372 e. The first-order valence-electron chi connectivity index (χ1n) is 7.57. The van der Waals surface area contributed by atoms with E-state index in [1.54, 1.807) is 6.92 Å². The Labute approximate surface area is 137 Å². The topological polar surface area (TPSA) is 139 Å². The number of carbonyl (C=O) groups excluding carboxylic acids is 1. The van der Waals surface area contributed by atoms with Gasteiger partial charge in [0.05, 0.1) is 6.10 Å². The van der Waals surface area contributed by atoms with Crippen LogP contribution in [0.2, 0.25) is 0 Å². The fourth-order valence-corrected chi connectivity index (χ4v) is 2.42. The Kier molecular flexibility index (Phi) is 7.02. The van der Waals surface area contributed by atoms with E-state index in [-0.39, 0.29) is 6.42 Å². The summed E-state index contributed by atoms with van der Waals surface area (Å²) in [7, 11) is 0. The van der Waals surface area contributed by atoms with E-state index in [0.29, 0.717) is 6.42 Å². The maximum atomic E-state index is 14.2. The summed E-state index contributed by atoms with van der Waals surface area (Å²) in [6.07, 6.45) is -7.13. The normalized spacial score (nSPS) is 36.0. The maximum Gasteiger partial charge on any atom is 0.372 e. The third-order valence-electron chi connectivity index (χ3n) is 4.02. The van der Waals surface area contributed by atoms with Crippen molar-refractivity contribution in [1.82, 2.24) is 0 Å². The number of ether oxygens (including phenoxy) is 2. The molecule has 0 aliphatic carbocycles. The zero-order chi connectivity index (χ0) is 18.7. The molecule has 1 fully saturated rings. The summed E-state index contributed by atoms with van der Waals surface area (Å²) >= 11 is 0. The van der Waals surface area contributed by atoms with Gasteiger partial charge in [0.15, 0.2) is 6.17 Å². The number of halogens is 2. The Morgan fingerprint density at radius 1 is 1.42 bits per heavy atom. The van der Waals surface area contributed by atoms with Gasteiger partial charge in [-0.2, -0.15) is 4.39 Å². The predicted molar refractivity (Wildman–Crippen MR) is 76.3 cm³/mol. The number of hydrogen-bond donors (Lipinski definition) is 4. The van der Waals surface area contributed by atoms with Gasteiger partial charge < -0.3 is 30.5 Å². The van der Waals surface area contributed by atoms with Crippen molar-refractivity contribution in [2.45, 2.75) is 63.1 Å². The molecule has 1 aliphatic heterocycles. The largest absolute Gasteiger partial charge is 0.477 e. The molecule has 0 saturated carbocycles. The molecule has 0 aromatic heterocycles. The summed E-state index contributed by atoms with van der Waals surface area (Å²) in [6.45, 7) is 2.46. The molecular formula is C14H23F2NO7. The van der Waals surface area contributed by atoms with Crippen molar-refractivity contribution in [3.05, 3.63) is 0 Å². The fraction of sp³-hybridized carbons (Fsp3) is 0.857. The first-order chi connectivity index (χ1) is 11.1. The number of carbonyl (C=O) groups is 2. The first-order valence-corrected chi connectivity index (χ1v) is 7.57. The van der Waals surface area contributed by atoms with Crippen molar-refractivity contribution in [3.8, 4) is 0 Å². The molecule has 0 amide bonds. The second-order valence-corrected chi connectivity index (χ2v) is 5.86. The second-order valence-electron chi connectivity index (χ2n) is 5.86. The van der Waals surface area contributed by atoms with Crippen LogP contribution in [0.25, 0.3) is 0 Å². The molecule has 5 unspecified atom stereocenters. The van der Waals surface area contributed by atoms with E-state index in [0.717, 1.165) is 0 Å². The number of hydrogen-bond acceptors (Lipinski definition) is 7. The van der Waals surface area contributed by atoms with Gasteiger partial charge in [-0.1, -0.05) is 13.8 Å². The summed E-state index contributed by atoms with van der Waals surface area (Å²) in [5.74, 6) is -7.57. The average molecular weight is 355 g/mol. The summed E-state index contributed by atoms with van der Waals surface area (Å²) in [5, 5.41) is 28.8. The van der Waals surface area contributed by atoms with Gasteiger partial charge in [-0.05, 0) is 6.42 Å². The monoisotopic (exact) mass is 355 g/mol. The molecule has 0 aromatic rings. The number of aliphatic hydroxyl groups excluding tert-OH is 2. The van der Waals surface area contributed by atoms with Crippen molar-refractivity contribution >= 4 is 11.9 Å². The molecule has 140 valence electrons. The molecule has 0 radical (unpaired) electrons. The Balaban J connectivity index is 2.82. The fourth-order valence-electron chi connectivity index (χ4n) is 2.42. The molecular weight excluding hydrogens is 332 g/mol. The second kappa shape index (κ2) is 8.15. The Bertz CT molecular complexity index is 466. The molecule has 7 atom stereocenters. The lowest BCUT2D eigenvalue weighted by molar-refractivity contribution is -0.282. The van der Waals surface area contributed by atoms with Crippen molar-refractivity contribution in [1.29, 1.82) is 0 Å². The van der Waals surface area contributed by atoms with Crippen LogP contribution in [-0.2, 0) is 19.1 Å². The van der Waals surface area contributed by atoms with Crippen LogP contribution in [0.15, 0.2) is 0 Å². The van der Waals surface area contributed by atoms with Crippen LogP contribution >= 0.6 is 0 Å². The van der Waals surface area contributed by atoms with Gasteiger partial charge in [-0.15, -0.1) is 0 Å². The van der Waals surface area contributed by atoms with E-state index in [9.17, 15) is 28.6 Å². The highest BCUT2D eigenvalue weighted by molar-refractivity contribution is 5.76. The third kappa shape index (κ3) is 4.18. The zero-order valence-electron chi connectivity index (χ0n) is 13.4.